The van der Waals surface area contributed by atoms with Gasteiger partial charge in [0, 0.05) is 17.3 Å². The zero-order valence-electron chi connectivity index (χ0n) is 10.6. The average molecular weight is 259 g/mol. The van der Waals surface area contributed by atoms with Gasteiger partial charge in [0.25, 0.3) is 5.56 Å². The standard InChI is InChI=1S/C14H13NO4/c1-8-3-4-12(19-2)10(5-8)9-6-11(14(17)18)13(16)15-7-9/h3-7H,1-2H3,(H,15,16)(H,17,18). The molecule has 0 saturated heterocycles. The minimum Gasteiger partial charge on any atom is -0.496 e. The van der Waals surface area contributed by atoms with Crippen LogP contribution in [0, 0.1) is 6.92 Å². The quantitative estimate of drug-likeness (QED) is 0.884. The number of aromatic nitrogens is 1. The molecular weight excluding hydrogens is 246 g/mol. The van der Waals surface area contributed by atoms with Crippen LogP contribution in [0.25, 0.3) is 11.1 Å². The molecule has 0 radical (unpaired) electrons. The highest BCUT2D eigenvalue weighted by atomic mass is 16.5. The van der Waals surface area contributed by atoms with Crippen LogP contribution in [0.1, 0.15) is 15.9 Å². The van der Waals surface area contributed by atoms with E-state index >= 15 is 0 Å². The van der Waals surface area contributed by atoms with Crippen LogP contribution in [0.4, 0.5) is 0 Å². The van der Waals surface area contributed by atoms with Crippen LogP contribution >= 0.6 is 0 Å². The molecule has 98 valence electrons. The molecular formula is C14H13NO4. The number of nitrogens with one attached hydrogen (secondary N) is 1. The molecule has 0 bridgehead atoms. The summed E-state index contributed by atoms with van der Waals surface area (Å²) in [6.45, 7) is 1.92. The zero-order chi connectivity index (χ0) is 14.0. The molecule has 1 aromatic heterocycles. The minimum absolute atomic E-state index is 0.291. The van der Waals surface area contributed by atoms with Gasteiger partial charge in [0.2, 0.25) is 0 Å². The smallest absolute Gasteiger partial charge is 0.341 e. The molecule has 2 N–H and O–H groups in total. The Labute approximate surface area is 109 Å². The monoisotopic (exact) mass is 259 g/mol. The Bertz CT molecular complexity index is 688. The van der Waals surface area contributed by atoms with Gasteiger partial charge in [-0.1, -0.05) is 11.6 Å². The van der Waals surface area contributed by atoms with E-state index in [1.54, 1.807) is 6.07 Å². The highest BCUT2D eigenvalue weighted by molar-refractivity contribution is 5.89. The van der Waals surface area contributed by atoms with Gasteiger partial charge < -0.3 is 14.8 Å². The summed E-state index contributed by atoms with van der Waals surface area (Å²) in [5, 5.41) is 8.97. The van der Waals surface area contributed by atoms with Crippen molar-refractivity contribution < 1.29 is 14.6 Å². The summed E-state index contributed by atoms with van der Waals surface area (Å²) < 4.78 is 5.25. The third-order valence-corrected chi connectivity index (χ3v) is 2.80. The van der Waals surface area contributed by atoms with Crippen LogP contribution in [-0.2, 0) is 0 Å². The van der Waals surface area contributed by atoms with Gasteiger partial charge in [-0.2, -0.15) is 0 Å². The summed E-state index contributed by atoms with van der Waals surface area (Å²) in [5.41, 5.74) is 1.43. The minimum atomic E-state index is -1.25. The summed E-state index contributed by atoms with van der Waals surface area (Å²) >= 11 is 0. The molecule has 0 unspecified atom stereocenters. The summed E-state index contributed by atoms with van der Waals surface area (Å²) in [6.07, 6.45) is 1.48. The Morgan fingerprint density at radius 2 is 2.05 bits per heavy atom. The maximum Gasteiger partial charge on any atom is 0.341 e. The summed E-state index contributed by atoms with van der Waals surface area (Å²) in [5.74, 6) is -0.635. The van der Waals surface area contributed by atoms with Crippen molar-refractivity contribution in [3.05, 3.63) is 51.9 Å². The molecule has 19 heavy (non-hydrogen) atoms. The fourth-order valence-corrected chi connectivity index (χ4v) is 1.85. The Morgan fingerprint density at radius 3 is 2.68 bits per heavy atom. The molecule has 2 aromatic rings. The lowest BCUT2D eigenvalue weighted by Gasteiger charge is -2.10. The lowest BCUT2D eigenvalue weighted by atomic mass is 10.0. The lowest BCUT2D eigenvalue weighted by Crippen LogP contribution is -2.16. The third-order valence-electron chi connectivity index (χ3n) is 2.80. The Kier molecular flexibility index (Phi) is 3.37. The molecule has 0 saturated carbocycles. The number of hydrogen-bond donors (Lipinski definition) is 2. The van der Waals surface area contributed by atoms with Gasteiger partial charge in [-0.15, -0.1) is 0 Å². The fraction of sp³-hybridized carbons (Fsp3) is 0.143. The summed E-state index contributed by atoms with van der Waals surface area (Å²) in [7, 11) is 1.54. The molecule has 0 aliphatic rings. The second-order valence-corrected chi connectivity index (χ2v) is 4.14. The second kappa shape index (κ2) is 4.97. The number of hydrogen-bond acceptors (Lipinski definition) is 3. The van der Waals surface area contributed by atoms with Crippen LogP contribution < -0.4 is 10.3 Å². The van der Waals surface area contributed by atoms with Crippen molar-refractivity contribution in [2.45, 2.75) is 6.92 Å². The van der Waals surface area contributed by atoms with Crippen LogP contribution in [0.3, 0.4) is 0 Å². The van der Waals surface area contributed by atoms with E-state index in [4.69, 9.17) is 9.84 Å². The van der Waals surface area contributed by atoms with E-state index in [0.29, 0.717) is 11.3 Å². The third kappa shape index (κ3) is 2.49. The van der Waals surface area contributed by atoms with Crippen molar-refractivity contribution in [1.82, 2.24) is 4.98 Å². The van der Waals surface area contributed by atoms with Gasteiger partial charge in [-0.25, -0.2) is 4.79 Å². The van der Waals surface area contributed by atoms with Gasteiger partial charge >= 0.3 is 5.97 Å². The molecule has 2 rings (SSSR count). The molecule has 0 amide bonds. The normalized spacial score (nSPS) is 10.2. The van der Waals surface area contributed by atoms with Crippen molar-refractivity contribution in [2.75, 3.05) is 7.11 Å². The van der Waals surface area contributed by atoms with Gasteiger partial charge in [0.05, 0.1) is 7.11 Å². The molecule has 0 atom stereocenters. The number of carboxylic acid groups (broad SMARTS) is 1. The van der Waals surface area contributed by atoms with E-state index in [0.717, 1.165) is 11.1 Å². The summed E-state index contributed by atoms with van der Waals surface area (Å²) in [6, 6.07) is 6.92. The van der Waals surface area contributed by atoms with E-state index in [9.17, 15) is 9.59 Å². The number of aryl methyl sites for hydroxylation is 1. The fourth-order valence-electron chi connectivity index (χ4n) is 1.85. The van der Waals surface area contributed by atoms with Crippen molar-refractivity contribution in [2.24, 2.45) is 0 Å². The number of carboxylic acids is 1. The molecule has 1 aromatic carbocycles. The first-order chi connectivity index (χ1) is 9.02. The lowest BCUT2D eigenvalue weighted by molar-refractivity contribution is 0.0695. The van der Waals surface area contributed by atoms with Crippen molar-refractivity contribution in [1.29, 1.82) is 0 Å². The molecule has 1 heterocycles. The number of aromatic amines is 1. The average Bonchev–Trinajstić information content (AvgIpc) is 2.39. The Morgan fingerprint density at radius 1 is 1.32 bits per heavy atom. The molecule has 0 aliphatic carbocycles. The first kappa shape index (κ1) is 12.9. The van der Waals surface area contributed by atoms with Crippen LogP contribution in [0.5, 0.6) is 5.75 Å². The van der Waals surface area contributed by atoms with Crippen molar-refractivity contribution in [3.8, 4) is 16.9 Å². The highest BCUT2D eigenvalue weighted by Crippen LogP contribution is 2.30. The maximum atomic E-state index is 11.4. The zero-order valence-corrected chi connectivity index (χ0v) is 10.6. The van der Waals surface area contributed by atoms with Gasteiger partial charge in [0.1, 0.15) is 11.3 Å². The van der Waals surface area contributed by atoms with Crippen LogP contribution in [-0.4, -0.2) is 23.2 Å². The second-order valence-electron chi connectivity index (χ2n) is 4.14. The predicted octanol–water partition coefficient (Wildman–Crippen LogP) is 2.06. The van der Waals surface area contributed by atoms with E-state index in [1.165, 1.54) is 19.4 Å². The Balaban J connectivity index is 2.65. The summed E-state index contributed by atoms with van der Waals surface area (Å²) in [4.78, 5) is 24.8. The number of carbonyl (C=O) groups is 1. The number of benzene rings is 1. The molecule has 5 heteroatoms. The van der Waals surface area contributed by atoms with Gasteiger partial charge in [-0.05, 0) is 25.1 Å². The van der Waals surface area contributed by atoms with E-state index in [2.05, 4.69) is 4.98 Å². The van der Waals surface area contributed by atoms with Gasteiger partial charge in [-0.3, -0.25) is 4.79 Å². The number of aromatic carboxylic acids is 1. The molecule has 0 aliphatic heterocycles. The van der Waals surface area contributed by atoms with Gasteiger partial charge in [0.15, 0.2) is 0 Å². The topological polar surface area (TPSA) is 79.4 Å². The van der Waals surface area contributed by atoms with E-state index in [-0.39, 0.29) is 5.56 Å². The van der Waals surface area contributed by atoms with E-state index < -0.39 is 11.5 Å². The van der Waals surface area contributed by atoms with Crippen LogP contribution in [0.15, 0.2) is 35.3 Å². The number of rotatable bonds is 3. The number of ether oxygens (including phenoxy) is 1. The van der Waals surface area contributed by atoms with Crippen LogP contribution in [0.2, 0.25) is 0 Å². The number of methoxy groups -OCH3 is 1. The van der Waals surface area contributed by atoms with Crippen molar-refractivity contribution in [3.63, 3.8) is 0 Å². The molecule has 0 fully saturated rings. The number of H-pyrrole nitrogens is 1. The SMILES string of the molecule is COc1ccc(C)cc1-c1c[nH]c(=O)c(C(=O)O)c1. The number of pyridine rings is 1. The highest BCUT2D eigenvalue weighted by Gasteiger charge is 2.12. The van der Waals surface area contributed by atoms with E-state index in [1.807, 2.05) is 19.1 Å². The van der Waals surface area contributed by atoms with Crippen molar-refractivity contribution >= 4 is 5.97 Å². The molecule has 0 spiro atoms. The molecule has 5 nitrogen and oxygen atoms in total. The predicted molar refractivity (Wildman–Crippen MR) is 70.7 cm³/mol. The maximum absolute atomic E-state index is 11.4. The first-order valence-electron chi connectivity index (χ1n) is 5.64. The largest absolute Gasteiger partial charge is 0.496 e. The Hall–Kier alpha value is -2.56. The first-order valence-corrected chi connectivity index (χ1v) is 5.64.